The number of hydrogen-bond acceptors (Lipinski definition) is 3. The van der Waals surface area contributed by atoms with Crippen molar-refractivity contribution in [2.24, 2.45) is 0 Å². The average molecular weight is 267 g/mol. The first-order chi connectivity index (χ1) is 9.64. The van der Waals surface area contributed by atoms with Crippen molar-refractivity contribution in [2.75, 3.05) is 5.32 Å². The van der Waals surface area contributed by atoms with Gasteiger partial charge < -0.3 is 15.5 Å². The summed E-state index contributed by atoms with van der Waals surface area (Å²) in [5.41, 5.74) is 0.278. The number of aliphatic hydroxyl groups is 1. The highest BCUT2D eigenvalue weighted by Crippen LogP contribution is 2.39. The Kier molecular flexibility index (Phi) is 2.71. The summed E-state index contributed by atoms with van der Waals surface area (Å²) in [5, 5.41) is 22.9. The molecule has 1 unspecified atom stereocenters. The molecule has 1 aliphatic rings. The Morgan fingerprint density at radius 2 is 1.65 bits per heavy atom. The average Bonchev–Trinajstić information content (AvgIpc) is 2.47. The van der Waals surface area contributed by atoms with E-state index in [9.17, 15) is 15.0 Å². The molecule has 0 aromatic heterocycles. The molecule has 3 N–H and O–H groups in total. The molecule has 1 heterocycles. The van der Waals surface area contributed by atoms with Gasteiger partial charge in [-0.2, -0.15) is 0 Å². The van der Waals surface area contributed by atoms with Gasteiger partial charge in [0, 0.05) is 11.3 Å². The number of fused-ring (bicyclic) bond motifs is 1. The maximum absolute atomic E-state index is 11.8. The van der Waals surface area contributed by atoms with E-state index in [-0.39, 0.29) is 5.76 Å². The van der Waals surface area contributed by atoms with Gasteiger partial charge in [-0.05, 0) is 17.7 Å². The molecular weight excluding hydrogens is 254 g/mol. The van der Waals surface area contributed by atoms with Gasteiger partial charge in [0.2, 0.25) is 5.54 Å². The van der Waals surface area contributed by atoms with Crippen LogP contribution in [0.1, 0.15) is 11.1 Å². The third kappa shape index (κ3) is 1.66. The molecule has 0 fully saturated rings. The molecule has 0 bridgehead atoms. The molecule has 2 aromatic carbocycles. The minimum Gasteiger partial charge on any atom is -0.509 e. The maximum Gasteiger partial charge on any atom is 0.342 e. The van der Waals surface area contributed by atoms with Gasteiger partial charge in [-0.25, -0.2) is 4.79 Å². The molecular formula is C16H13NO3. The molecule has 4 heteroatoms. The lowest BCUT2D eigenvalue weighted by molar-refractivity contribution is -0.142. The number of nitrogens with one attached hydrogen (secondary N) is 1. The molecule has 1 atom stereocenters. The minimum atomic E-state index is -1.64. The van der Waals surface area contributed by atoms with E-state index in [4.69, 9.17) is 0 Å². The number of aliphatic hydroxyl groups excluding tert-OH is 1. The Balaban J connectivity index is 2.22. The largest absolute Gasteiger partial charge is 0.509 e. The van der Waals surface area contributed by atoms with Gasteiger partial charge in [0.05, 0.1) is 0 Å². The van der Waals surface area contributed by atoms with Crippen molar-refractivity contribution in [3.8, 4) is 0 Å². The summed E-state index contributed by atoms with van der Waals surface area (Å²) < 4.78 is 0. The second-order valence-electron chi connectivity index (χ2n) is 4.66. The van der Waals surface area contributed by atoms with Crippen molar-refractivity contribution in [2.45, 2.75) is 5.54 Å². The van der Waals surface area contributed by atoms with E-state index in [0.29, 0.717) is 11.3 Å². The van der Waals surface area contributed by atoms with Gasteiger partial charge in [0.25, 0.3) is 0 Å². The minimum absolute atomic E-state index is 0.227. The zero-order valence-corrected chi connectivity index (χ0v) is 10.6. The number of carboxylic acid groups (broad SMARTS) is 1. The lowest BCUT2D eigenvalue weighted by Gasteiger charge is -2.35. The van der Waals surface area contributed by atoms with E-state index in [2.05, 4.69) is 5.32 Å². The van der Waals surface area contributed by atoms with Gasteiger partial charge >= 0.3 is 5.97 Å². The normalized spacial score (nSPS) is 20.5. The van der Waals surface area contributed by atoms with Crippen LogP contribution in [0, 0.1) is 0 Å². The summed E-state index contributed by atoms with van der Waals surface area (Å²) in [7, 11) is 0. The molecule has 100 valence electrons. The molecule has 0 amide bonds. The summed E-state index contributed by atoms with van der Waals surface area (Å²) in [5.74, 6) is -1.37. The van der Waals surface area contributed by atoms with Crippen LogP contribution in [0.3, 0.4) is 0 Å². The Labute approximate surface area is 116 Å². The van der Waals surface area contributed by atoms with E-state index in [1.165, 1.54) is 6.08 Å². The predicted octanol–water partition coefficient (Wildman–Crippen LogP) is 2.99. The number of anilines is 1. The van der Waals surface area contributed by atoms with Crippen LogP contribution in [0.15, 0.2) is 60.4 Å². The monoisotopic (exact) mass is 267 g/mol. The van der Waals surface area contributed by atoms with Crippen LogP contribution < -0.4 is 5.32 Å². The third-order valence-electron chi connectivity index (χ3n) is 3.49. The zero-order chi connectivity index (χ0) is 14.2. The second kappa shape index (κ2) is 4.42. The van der Waals surface area contributed by atoms with Crippen LogP contribution in [0.4, 0.5) is 5.69 Å². The van der Waals surface area contributed by atoms with Gasteiger partial charge in [-0.15, -0.1) is 0 Å². The molecule has 4 nitrogen and oxygen atoms in total. The predicted molar refractivity (Wildman–Crippen MR) is 76.4 cm³/mol. The number of hydrogen-bond donors (Lipinski definition) is 3. The third-order valence-corrected chi connectivity index (χ3v) is 3.49. The van der Waals surface area contributed by atoms with Crippen LogP contribution >= 0.6 is 0 Å². The summed E-state index contributed by atoms with van der Waals surface area (Å²) in [6.07, 6.45) is 1.49. The molecule has 2 aromatic rings. The van der Waals surface area contributed by atoms with Crippen LogP contribution in [-0.2, 0) is 10.3 Å². The first kappa shape index (κ1) is 12.3. The number of aliphatic carboxylic acids is 1. The number of carboxylic acids is 1. The fourth-order valence-corrected chi connectivity index (χ4v) is 2.45. The van der Waals surface area contributed by atoms with Gasteiger partial charge in [-0.1, -0.05) is 48.5 Å². The van der Waals surface area contributed by atoms with Crippen LogP contribution in [-0.4, -0.2) is 16.2 Å². The summed E-state index contributed by atoms with van der Waals surface area (Å²) >= 11 is 0. The molecule has 0 spiro atoms. The van der Waals surface area contributed by atoms with Crippen LogP contribution in [0.25, 0.3) is 6.08 Å². The molecule has 1 aliphatic heterocycles. The molecule has 3 rings (SSSR count). The smallest absolute Gasteiger partial charge is 0.342 e. The van der Waals surface area contributed by atoms with Crippen molar-refractivity contribution in [3.63, 3.8) is 0 Å². The molecule has 0 saturated carbocycles. The van der Waals surface area contributed by atoms with E-state index in [0.717, 1.165) is 5.56 Å². The summed E-state index contributed by atoms with van der Waals surface area (Å²) in [6.45, 7) is 0. The summed E-state index contributed by atoms with van der Waals surface area (Å²) in [6, 6.07) is 15.9. The number of benzene rings is 2. The van der Waals surface area contributed by atoms with Crippen molar-refractivity contribution in [1.29, 1.82) is 0 Å². The van der Waals surface area contributed by atoms with Crippen molar-refractivity contribution in [3.05, 3.63) is 71.5 Å². The molecule has 0 radical (unpaired) electrons. The Hall–Kier alpha value is -2.75. The Bertz CT molecular complexity index is 694. The van der Waals surface area contributed by atoms with Crippen molar-refractivity contribution >= 4 is 17.7 Å². The van der Waals surface area contributed by atoms with E-state index in [1.54, 1.807) is 36.4 Å². The molecule has 20 heavy (non-hydrogen) atoms. The quantitative estimate of drug-likeness (QED) is 0.782. The van der Waals surface area contributed by atoms with Crippen LogP contribution in [0.5, 0.6) is 0 Å². The maximum atomic E-state index is 11.8. The SMILES string of the molecule is O=C(O)C1(c2ccccc2)Nc2ccccc2C=C1O. The van der Waals surface area contributed by atoms with E-state index in [1.807, 2.05) is 18.2 Å². The standard InChI is InChI=1S/C16H13NO3/c18-14-10-11-6-4-5-9-13(11)17-16(14,15(19)20)12-7-2-1-3-8-12/h1-10,17-18H,(H,19,20). The first-order valence-corrected chi connectivity index (χ1v) is 6.22. The Morgan fingerprint density at radius 3 is 2.35 bits per heavy atom. The summed E-state index contributed by atoms with van der Waals surface area (Å²) in [4.78, 5) is 11.8. The number of carbonyl (C=O) groups is 1. The second-order valence-corrected chi connectivity index (χ2v) is 4.66. The zero-order valence-electron chi connectivity index (χ0n) is 10.6. The van der Waals surface area contributed by atoms with Gasteiger partial charge in [0.1, 0.15) is 5.76 Å². The fraction of sp³-hybridized carbons (Fsp3) is 0.0625. The lowest BCUT2D eigenvalue weighted by atomic mass is 9.84. The van der Waals surface area contributed by atoms with E-state index >= 15 is 0 Å². The van der Waals surface area contributed by atoms with Gasteiger partial charge in [-0.3, -0.25) is 0 Å². The van der Waals surface area contributed by atoms with Crippen molar-refractivity contribution < 1.29 is 15.0 Å². The topological polar surface area (TPSA) is 69.6 Å². The number of para-hydroxylation sites is 1. The lowest BCUT2D eigenvalue weighted by Crippen LogP contribution is -2.46. The highest BCUT2D eigenvalue weighted by atomic mass is 16.4. The molecule has 0 saturated heterocycles. The number of rotatable bonds is 2. The first-order valence-electron chi connectivity index (χ1n) is 6.22. The van der Waals surface area contributed by atoms with Crippen LogP contribution in [0.2, 0.25) is 0 Å². The molecule has 0 aliphatic carbocycles. The highest BCUT2D eigenvalue weighted by Gasteiger charge is 2.47. The Morgan fingerprint density at radius 1 is 1.00 bits per heavy atom. The van der Waals surface area contributed by atoms with Crippen molar-refractivity contribution in [1.82, 2.24) is 0 Å². The fourth-order valence-electron chi connectivity index (χ4n) is 2.45. The van der Waals surface area contributed by atoms with E-state index < -0.39 is 11.5 Å². The highest BCUT2D eigenvalue weighted by molar-refractivity contribution is 5.93. The van der Waals surface area contributed by atoms with Gasteiger partial charge in [0.15, 0.2) is 0 Å².